The average Bonchev–Trinajstić information content (AvgIpc) is 2.50. The fourth-order valence-corrected chi connectivity index (χ4v) is 2.05. The highest BCUT2D eigenvalue weighted by atomic mass is 19.1. The first kappa shape index (κ1) is 15.7. The number of benzene rings is 2. The van der Waals surface area contributed by atoms with Gasteiger partial charge in [0.15, 0.2) is 0 Å². The van der Waals surface area contributed by atoms with Crippen molar-refractivity contribution in [2.24, 2.45) is 0 Å². The van der Waals surface area contributed by atoms with E-state index in [2.05, 4.69) is 5.32 Å². The Morgan fingerprint density at radius 3 is 2.27 bits per heavy atom. The van der Waals surface area contributed by atoms with E-state index in [4.69, 9.17) is 0 Å². The van der Waals surface area contributed by atoms with Gasteiger partial charge < -0.3 is 10.2 Å². The first-order valence-corrected chi connectivity index (χ1v) is 6.95. The van der Waals surface area contributed by atoms with E-state index in [0.717, 1.165) is 5.69 Å². The Hall–Kier alpha value is -2.69. The lowest BCUT2D eigenvalue weighted by Crippen LogP contribution is -2.31. The molecule has 0 saturated carbocycles. The number of rotatable bonds is 5. The lowest BCUT2D eigenvalue weighted by Gasteiger charge is -2.20. The second-order valence-electron chi connectivity index (χ2n) is 4.81. The highest BCUT2D eigenvalue weighted by Gasteiger charge is 2.13. The van der Waals surface area contributed by atoms with Crippen LogP contribution in [0.3, 0.4) is 0 Å². The maximum atomic E-state index is 12.8. The Morgan fingerprint density at radius 2 is 1.68 bits per heavy atom. The van der Waals surface area contributed by atoms with Gasteiger partial charge >= 0.3 is 0 Å². The van der Waals surface area contributed by atoms with Gasteiger partial charge in [-0.05, 0) is 36.4 Å². The molecule has 0 heterocycles. The lowest BCUT2D eigenvalue weighted by molar-refractivity contribution is -0.117. The standard InChI is InChI=1S/C17H17FN2O2/c1-13(21)20(16-5-3-2-4-6-16)12-11-17(22)19-15-9-7-14(18)8-10-15/h2-10H,11-12H2,1H3,(H,19,22). The Labute approximate surface area is 128 Å². The number of nitrogens with one attached hydrogen (secondary N) is 1. The minimum Gasteiger partial charge on any atom is -0.326 e. The summed E-state index contributed by atoms with van der Waals surface area (Å²) in [5, 5.41) is 2.67. The number of anilines is 2. The zero-order valence-corrected chi connectivity index (χ0v) is 12.3. The second-order valence-corrected chi connectivity index (χ2v) is 4.81. The molecule has 0 aliphatic rings. The number of hydrogen-bond donors (Lipinski definition) is 1. The van der Waals surface area contributed by atoms with E-state index >= 15 is 0 Å². The highest BCUT2D eigenvalue weighted by molar-refractivity contribution is 5.94. The van der Waals surface area contributed by atoms with E-state index in [1.54, 1.807) is 4.90 Å². The molecular formula is C17H17FN2O2. The van der Waals surface area contributed by atoms with Crippen LogP contribution in [0, 0.1) is 5.82 Å². The van der Waals surface area contributed by atoms with Crippen LogP contribution in [0.15, 0.2) is 54.6 Å². The predicted octanol–water partition coefficient (Wildman–Crippen LogP) is 3.21. The summed E-state index contributed by atoms with van der Waals surface area (Å²) in [6.07, 6.45) is 0.159. The van der Waals surface area contributed by atoms with E-state index in [0.29, 0.717) is 5.69 Å². The molecule has 2 rings (SSSR count). The van der Waals surface area contributed by atoms with Gasteiger partial charge in [-0.15, -0.1) is 0 Å². The quantitative estimate of drug-likeness (QED) is 0.921. The van der Waals surface area contributed by atoms with E-state index in [-0.39, 0.29) is 30.6 Å². The van der Waals surface area contributed by atoms with Crippen molar-refractivity contribution < 1.29 is 14.0 Å². The molecule has 0 bridgehead atoms. The van der Waals surface area contributed by atoms with Crippen molar-refractivity contribution in [3.05, 3.63) is 60.4 Å². The van der Waals surface area contributed by atoms with Gasteiger partial charge in [-0.3, -0.25) is 9.59 Å². The molecule has 0 spiro atoms. The van der Waals surface area contributed by atoms with Crippen molar-refractivity contribution in [3.63, 3.8) is 0 Å². The van der Waals surface area contributed by atoms with E-state index in [1.807, 2.05) is 30.3 Å². The van der Waals surface area contributed by atoms with Crippen LogP contribution in [0.25, 0.3) is 0 Å². The second kappa shape index (κ2) is 7.36. The predicted molar refractivity (Wildman–Crippen MR) is 84.1 cm³/mol. The normalized spacial score (nSPS) is 10.1. The summed E-state index contributed by atoms with van der Waals surface area (Å²) in [6.45, 7) is 1.75. The van der Waals surface area contributed by atoms with Gasteiger partial charge in [0.25, 0.3) is 0 Å². The van der Waals surface area contributed by atoms with Crippen molar-refractivity contribution >= 4 is 23.2 Å². The molecule has 0 unspecified atom stereocenters. The van der Waals surface area contributed by atoms with E-state index in [1.165, 1.54) is 31.2 Å². The number of nitrogens with zero attached hydrogens (tertiary/aromatic N) is 1. The van der Waals surface area contributed by atoms with Gasteiger partial charge in [0.1, 0.15) is 5.82 Å². The summed E-state index contributed by atoms with van der Waals surface area (Å²) >= 11 is 0. The lowest BCUT2D eigenvalue weighted by atomic mass is 10.2. The molecule has 2 aromatic rings. The van der Waals surface area contributed by atoms with Crippen molar-refractivity contribution in [2.75, 3.05) is 16.8 Å². The van der Waals surface area contributed by atoms with Crippen molar-refractivity contribution in [2.45, 2.75) is 13.3 Å². The first-order valence-electron chi connectivity index (χ1n) is 6.95. The molecule has 0 aromatic heterocycles. The molecule has 22 heavy (non-hydrogen) atoms. The number of carbonyl (C=O) groups excluding carboxylic acids is 2. The highest BCUT2D eigenvalue weighted by Crippen LogP contribution is 2.14. The molecule has 0 fully saturated rings. The van der Waals surface area contributed by atoms with Crippen molar-refractivity contribution in [1.82, 2.24) is 0 Å². The topological polar surface area (TPSA) is 49.4 Å². The summed E-state index contributed by atoms with van der Waals surface area (Å²) in [5.41, 5.74) is 1.28. The molecule has 5 heteroatoms. The molecule has 4 nitrogen and oxygen atoms in total. The third-order valence-corrected chi connectivity index (χ3v) is 3.14. The van der Waals surface area contributed by atoms with Gasteiger partial charge in [-0.25, -0.2) is 4.39 Å². The van der Waals surface area contributed by atoms with Crippen LogP contribution in [-0.2, 0) is 9.59 Å². The summed E-state index contributed by atoms with van der Waals surface area (Å²) in [5.74, 6) is -0.709. The van der Waals surface area contributed by atoms with Crippen LogP contribution < -0.4 is 10.2 Å². The zero-order chi connectivity index (χ0) is 15.9. The third kappa shape index (κ3) is 4.41. The Bertz CT molecular complexity index is 641. The number of halogens is 1. The number of carbonyl (C=O) groups is 2. The van der Waals surface area contributed by atoms with Crippen LogP contribution in [0.1, 0.15) is 13.3 Å². The van der Waals surface area contributed by atoms with E-state index in [9.17, 15) is 14.0 Å². The third-order valence-electron chi connectivity index (χ3n) is 3.14. The molecule has 0 aliphatic carbocycles. The fourth-order valence-electron chi connectivity index (χ4n) is 2.05. The maximum Gasteiger partial charge on any atom is 0.226 e. The minimum absolute atomic E-state index is 0.124. The largest absolute Gasteiger partial charge is 0.326 e. The van der Waals surface area contributed by atoms with Gasteiger partial charge in [-0.1, -0.05) is 18.2 Å². The Balaban J connectivity index is 1.93. The number of amides is 2. The van der Waals surface area contributed by atoms with Crippen LogP contribution in [0.4, 0.5) is 15.8 Å². The average molecular weight is 300 g/mol. The van der Waals surface area contributed by atoms with Crippen LogP contribution in [0.2, 0.25) is 0 Å². The first-order chi connectivity index (χ1) is 10.6. The molecule has 2 amide bonds. The van der Waals surface area contributed by atoms with Gasteiger partial charge in [0.2, 0.25) is 11.8 Å². The Kier molecular flexibility index (Phi) is 5.25. The van der Waals surface area contributed by atoms with Crippen LogP contribution >= 0.6 is 0 Å². The smallest absolute Gasteiger partial charge is 0.226 e. The fraction of sp³-hybridized carbons (Fsp3) is 0.176. The van der Waals surface area contributed by atoms with Gasteiger partial charge in [-0.2, -0.15) is 0 Å². The molecule has 2 aromatic carbocycles. The van der Waals surface area contributed by atoms with Gasteiger partial charge in [0, 0.05) is 31.3 Å². The molecule has 1 N–H and O–H groups in total. The molecule has 0 radical (unpaired) electrons. The summed E-state index contributed by atoms with van der Waals surface area (Å²) < 4.78 is 12.8. The summed E-state index contributed by atoms with van der Waals surface area (Å²) in [6, 6.07) is 14.7. The van der Waals surface area contributed by atoms with Crippen molar-refractivity contribution in [3.8, 4) is 0 Å². The van der Waals surface area contributed by atoms with E-state index < -0.39 is 0 Å². The SMILES string of the molecule is CC(=O)N(CCC(=O)Nc1ccc(F)cc1)c1ccccc1. The number of para-hydroxylation sites is 1. The van der Waals surface area contributed by atoms with Crippen molar-refractivity contribution in [1.29, 1.82) is 0 Å². The Morgan fingerprint density at radius 1 is 1.05 bits per heavy atom. The van der Waals surface area contributed by atoms with Gasteiger partial charge in [0.05, 0.1) is 0 Å². The summed E-state index contributed by atoms with van der Waals surface area (Å²) in [4.78, 5) is 25.2. The number of hydrogen-bond acceptors (Lipinski definition) is 2. The minimum atomic E-state index is -0.357. The maximum absolute atomic E-state index is 12.8. The monoisotopic (exact) mass is 300 g/mol. The molecule has 114 valence electrons. The molecule has 0 aliphatic heterocycles. The van der Waals surface area contributed by atoms with Crippen LogP contribution in [0.5, 0.6) is 0 Å². The van der Waals surface area contributed by atoms with Crippen LogP contribution in [-0.4, -0.2) is 18.4 Å². The zero-order valence-electron chi connectivity index (χ0n) is 12.3. The molecule has 0 saturated heterocycles. The molecular weight excluding hydrogens is 283 g/mol. The summed E-state index contributed by atoms with van der Waals surface area (Å²) in [7, 11) is 0. The molecule has 0 atom stereocenters.